The van der Waals surface area contributed by atoms with Crippen LogP contribution in [0.3, 0.4) is 0 Å². The zero-order chi connectivity index (χ0) is 16.9. The van der Waals surface area contributed by atoms with Crippen LogP contribution in [0, 0.1) is 5.92 Å². The smallest absolute Gasteiger partial charge is 0.309 e. The number of aliphatic hydroxyl groups is 1. The van der Waals surface area contributed by atoms with E-state index in [-0.39, 0.29) is 12.5 Å². The van der Waals surface area contributed by atoms with Crippen molar-refractivity contribution in [1.82, 2.24) is 10.6 Å². The molecule has 2 aromatic heterocycles. The molecule has 7 heteroatoms. The summed E-state index contributed by atoms with van der Waals surface area (Å²) in [6.45, 7) is 4.13. The van der Waals surface area contributed by atoms with E-state index in [0.29, 0.717) is 17.2 Å². The number of nitrogens with one attached hydrogen (secondary N) is 2. The maximum atomic E-state index is 11.9. The first-order valence-corrected chi connectivity index (χ1v) is 8.18. The molecule has 0 saturated heterocycles. The van der Waals surface area contributed by atoms with Gasteiger partial charge in [-0.25, -0.2) is 0 Å². The second-order valence-electron chi connectivity index (χ2n) is 5.60. The summed E-state index contributed by atoms with van der Waals surface area (Å²) < 4.78 is 5.30. The van der Waals surface area contributed by atoms with Crippen LogP contribution in [-0.2, 0) is 15.2 Å². The molecule has 3 N–H and O–H groups in total. The Morgan fingerprint density at radius 3 is 2.57 bits per heavy atom. The predicted octanol–water partition coefficient (Wildman–Crippen LogP) is 1.47. The number of thiophene rings is 1. The van der Waals surface area contributed by atoms with Gasteiger partial charge in [0, 0.05) is 11.4 Å². The van der Waals surface area contributed by atoms with Crippen LogP contribution in [-0.4, -0.2) is 30.0 Å². The quantitative estimate of drug-likeness (QED) is 0.697. The van der Waals surface area contributed by atoms with Gasteiger partial charge in [0.15, 0.2) is 5.60 Å². The molecule has 23 heavy (non-hydrogen) atoms. The van der Waals surface area contributed by atoms with E-state index in [1.165, 1.54) is 17.6 Å². The van der Waals surface area contributed by atoms with Crippen molar-refractivity contribution in [1.29, 1.82) is 0 Å². The first-order chi connectivity index (χ1) is 10.9. The van der Waals surface area contributed by atoms with E-state index in [2.05, 4.69) is 10.6 Å². The third-order valence-corrected chi connectivity index (χ3v) is 4.26. The van der Waals surface area contributed by atoms with Crippen molar-refractivity contribution in [2.45, 2.75) is 19.4 Å². The number of amides is 2. The molecule has 2 amide bonds. The van der Waals surface area contributed by atoms with Gasteiger partial charge in [0.1, 0.15) is 5.76 Å². The molecule has 0 bridgehead atoms. The lowest BCUT2D eigenvalue weighted by molar-refractivity contribution is -0.139. The van der Waals surface area contributed by atoms with Crippen LogP contribution in [0.2, 0.25) is 0 Å². The van der Waals surface area contributed by atoms with Crippen molar-refractivity contribution in [3.63, 3.8) is 0 Å². The van der Waals surface area contributed by atoms with Gasteiger partial charge in [-0.1, -0.05) is 19.9 Å². The highest BCUT2D eigenvalue weighted by molar-refractivity contribution is 7.10. The number of hydrogen-bond acceptors (Lipinski definition) is 5. The Bertz CT molecular complexity index is 601. The van der Waals surface area contributed by atoms with Crippen LogP contribution in [0.15, 0.2) is 40.3 Å². The van der Waals surface area contributed by atoms with Crippen LogP contribution in [0.4, 0.5) is 0 Å². The summed E-state index contributed by atoms with van der Waals surface area (Å²) in [5.74, 6) is -0.945. The first-order valence-electron chi connectivity index (χ1n) is 7.30. The Balaban J connectivity index is 2.05. The van der Waals surface area contributed by atoms with Gasteiger partial charge in [0.25, 0.3) is 0 Å². The minimum absolute atomic E-state index is 0.158. The van der Waals surface area contributed by atoms with E-state index < -0.39 is 17.4 Å². The summed E-state index contributed by atoms with van der Waals surface area (Å²) in [6, 6.07) is 6.83. The minimum Gasteiger partial charge on any atom is -0.466 e. The van der Waals surface area contributed by atoms with E-state index >= 15 is 0 Å². The molecule has 124 valence electrons. The van der Waals surface area contributed by atoms with Crippen LogP contribution < -0.4 is 10.6 Å². The number of carbonyl (C=O) groups excluding carboxylic acids is 2. The van der Waals surface area contributed by atoms with Crippen molar-refractivity contribution in [3.8, 4) is 0 Å². The Hall–Kier alpha value is -2.12. The summed E-state index contributed by atoms with van der Waals surface area (Å²) in [7, 11) is 0. The van der Waals surface area contributed by atoms with Crippen molar-refractivity contribution >= 4 is 23.2 Å². The summed E-state index contributed by atoms with van der Waals surface area (Å²) in [5.41, 5.74) is -1.51. The monoisotopic (exact) mass is 336 g/mol. The molecule has 1 unspecified atom stereocenters. The van der Waals surface area contributed by atoms with Gasteiger partial charge in [0.2, 0.25) is 0 Å². The molecule has 0 radical (unpaired) electrons. The van der Waals surface area contributed by atoms with Crippen LogP contribution in [0.25, 0.3) is 0 Å². The van der Waals surface area contributed by atoms with Gasteiger partial charge in [-0.3, -0.25) is 9.59 Å². The van der Waals surface area contributed by atoms with E-state index in [1.54, 1.807) is 24.3 Å². The normalized spacial score (nSPS) is 13.6. The van der Waals surface area contributed by atoms with Gasteiger partial charge < -0.3 is 20.2 Å². The lowest BCUT2D eigenvalue weighted by Gasteiger charge is -2.25. The van der Waals surface area contributed by atoms with E-state index in [9.17, 15) is 14.7 Å². The summed E-state index contributed by atoms with van der Waals surface area (Å²) in [4.78, 5) is 24.2. The lowest BCUT2D eigenvalue weighted by atomic mass is 9.98. The average Bonchev–Trinajstić information content (AvgIpc) is 3.22. The third-order valence-electron chi connectivity index (χ3n) is 3.24. The molecular weight excluding hydrogens is 316 g/mol. The lowest BCUT2D eigenvalue weighted by Crippen LogP contribution is -2.47. The molecule has 2 rings (SSSR count). The Labute approximate surface area is 138 Å². The number of carbonyl (C=O) groups is 2. The summed E-state index contributed by atoms with van der Waals surface area (Å²) in [5, 5.41) is 17.8. The van der Waals surface area contributed by atoms with Gasteiger partial charge in [-0.05, 0) is 29.5 Å². The largest absolute Gasteiger partial charge is 0.466 e. The van der Waals surface area contributed by atoms with Gasteiger partial charge in [-0.15, -0.1) is 11.3 Å². The molecule has 0 spiro atoms. The Kier molecular flexibility index (Phi) is 5.57. The van der Waals surface area contributed by atoms with E-state index in [4.69, 9.17) is 4.42 Å². The summed E-state index contributed by atoms with van der Waals surface area (Å²) in [6.07, 6.45) is 1.45. The molecule has 2 aromatic rings. The second kappa shape index (κ2) is 7.43. The number of rotatable bonds is 6. The number of furan rings is 1. The maximum Gasteiger partial charge on any atom is 0.309 e. The zero-order valence-corrected chi connectivity index (χ0v) is 13.9. The van der Waals surface area contributed by atoms with Crippen molar-refractivity contribution in [2.24, 2.45) is 5.92 Å². The van der Waals surface area contributed by atoms with Gasteiger partial charge in [-0.2, -0.15) is 0 Å². The number of hydrogen-bond donors (Lipinski definition) is 3. The SMILES string of the molecule is CC(C)CNC(=O)C(=O)NCC(O)(c1ccco1)c1cccs1. The Morgan fingerprint density at radius 2 is 2.00 bits per heavy atom. The van der Waals surface area contributed by atoms with Crippen LogP contribution in [0.1, 0.15) is 24.5 Å². The maximum absolute atomic E-state index is 11.9. The molecule has 0 fully saturated rings. The molecule has 0 saturated carbocycles. The van der Waals surface area contributed by atoms with E-state index in [0.717, 1.165) is 0 Å². The van der Waals surface area contributed by atoms with Crippen molar-refractivity contribution in [2.75, 3.05) is 13.1 Å². The summed E-state index contributed by atoms with van der Waals surface area (Å²) >= 11 is 1.34. The highest BCUT2D eigenvalue weighted by Gasteiger charge is 2.36. The fourth-order valence-electron chi connectivity index (χ4n) is 1.99. The standard InChI is InChI=1S/C16H20N2O4S/c1-11(2)9-17-14(19)15(20)18-10-16(21,12-5-3-7-22-12)13-6-4-8-23-13/h3-8,11,21H,9-10H2,1-2H3,(H,17,19)(H,18,20). The molecule has 1 atom stereocenters. The van der Waals surface area contributed by atoms with Gasteiger partial charge in [0.05, 0.1) is 12.8 Å². The van der Waals surface area contributed by atoms with Crippen LogP contribution >= 0.6 is 11.3 Å². The van der Waals surface area contributed by atoms with E-state index in [1.807, 2.05) is 19.2 Å². The zero-order valence-electron chi connectivity index (χ0n) is 13.0. The van der Waals surface area contributed by atoms with Crippen molar-refractivity contribution in [3.05, 3.63) is 46.5 Å². The molecule has 0 aliphatic heterocycles. The highest BCUT2D eigenvalue weighted by atomic mass is 32.1. The molecular formula is C16H20N2O4S. The molecule has 6 nitrogen and oxygen atoms in total. The first kappa shape index (κ1) is 17.2. The molecule has 0 aliphatic carbocycles. The fraction of sp³-hybridized carbons (Fsp3) is 0.375. The van der Waals surface area contributed by atoms with Gasteiger partial charge >= 0.3 is 11.8 Å². The second-order valence-corrected chi connectivity index (χ2v) is 6.55. The topological polar surface area (TPSA) is 91.6 Å². The highest BCUT2D eigenvalue weighted by Crippen LogP contribution is 2.32. The molecule has 0 aliphatic rings. The van der Waals surface area contributed by atoms with Crippen molar-refractivity contribution < 1.29 is 19.1 Å². The minimum atomic E-state index is -1.51. The fourth-order valence-corrected chi connectivity index (χ4v) is 2.82. The average molecular weight is 336 g/mol. The van der Waals surface area contributed by atoms with Crippen LogP contribution in [0.5, 0.6) is 0 Å². The Morgan fingerprint density at radius 1 is 1.26 bits per heavy atom. The third kappa shape index (κ3) is 4.20. The molecule has 0 aromatic carbocycles. The predicted molar refractivity (Wildman–Crippen MR) is 86.9 cm³/mol. The molecule has 2 heterocycles.